The minimum atomic E-state index is -0.0161. The molecular formula is C21H22N2O2. The van der Waals surface area contributed by atoms with Gasteiger partial charge < -0.3 is 9.32 Å². The van der Waals surface area contributed by atoms with Gasteiger partial charge in [0.15, 0.2) is 5.76 Å². The summed E-state index contributed by atoms with van der Waals surface area (Å²) in [5.41, 5.74) is 3.08. The van der Waals surface area contributed by atoms with Gasteiger partial charge in [0.2, 0.25) is 0 Å². The predicted octanol–water partition coefficient (Wildman–Crippen LogP) is 4.89. The number of nitrogens with zero attached hydrogens (tertiary/aromatic N) is 2. The van der Waals surface area contributed by atoms with Crippen LogP contribution >= 0.6 is 0 Å². The van der Waals surface area contributed by atoms with Gasteiger partial charge in [-0.2, -0.15) is 0 Å². The Bertz CT molecular complexity index is 885. The van der Waals surface area contributed by atoms with Crippen LogP contribution in [0, 0.1) is 6.92 Å². The Morgan fingerprint density at radius 1 is 1.12 bits per heavy atom. The van der Waals surface area contributed by atoms with Crippen LogP contribution in [0.15, 0.2) is 53.2 Å². The van der Waals surface area contributed by atoms with Crippen LogP contribution in [0.1, 0.15) is 53.4 Å². The van der Waals surface area contributed by atoms with Crippen molar-refractivity contribution in [1.82, 2.24) is 9.88 Å². The Morgan fingerprint density at radius 2 is 1.96 bits per heavy atom. The fraction of sp³-hybridized carbons (Fsp3) is 0.333. The molecular weight excluding hydrogens is 312 g/mol. The van der Waals surface area contributed by atoms with E-state index in [2.05, 4.69) is 11.1 Å². The lowest BCUT2D eigenvalue weighted by Gasteiger charge is -2.29. The lowest BCUT2D eigenvalue weighted by Crippen LogP contribution is -2.34. The second kappa shape index (κ2) is 6.71. The molecule has 4 rings (SSSR count). The van der Waals surface area contributed by atoms with E-state index in [0.29, 0.717) is 5.76 Å². The molecule has 25 heavy (non-hydrogen) atoms. The van der Waals surface area contributed by atoms with Gasteiger partial charge in [-0.15, -0.1) is 0 Å². The number of hydrogen-bond acceptors (Lipinski definition) is 3. The molecule has 0 saturated carbocycles. The highest BCUT2D eigenvalue weighted by Crippen LogP contribution is 2.32. The van der Waals surface area contributed by atoms with Gasteiger partial charge in [-0.3, -0.25) is 9.78 Å². The quantitative estimate of drug-likeness (QED) is 0.670. The molecule has 3 heterocycles. The SMILES string of the molecule is Cc1ccc2oc(C(=O)N3CCCCC[C@H]3c3ccncc3)cc2c1. The average Bonchev–Trinajstić information content (AvgIpc) is 2.90. The van der Waals surface area contributed by atoms with E-state index in [1.165, 1.54) is 0 Å². The third kappa shape index (κ3) is 3.16. The van der Waals surface area contributed by atoms with Crippen LogP contribution in [0.2, 0.25) is 0 Å². The number of amides is 1. The molecule has 4 nitrogen and oxygen atoms in total. The van der Waals surface area contributed by atoms with E-state index >= 15 is 0 Å². The molecule has 3 aromatic rings. The fourth-order valence-electron chi connectivity index (χ4n) is 3.69. The standard InChI is InChI=1S/C21H22N2O2/c1-15-6-7-19-17(13-15)14-20(25-19)21(24)23-12-4-2-3-5-18(23)16-8-10-22-11-9-16/h6-11,13-14,18H,2-5,12H2,1H3/t18-/m0/s1. The summed E-state index contributed by atoms with van der Waals surface area (Å²) in [4.78, 5) is 19.3. The van der Waals surface area contributed by atoms with E-state index in [1.54, 1.807) is 12.4 Å². The van der Waals surface area contributed by atoms with Gasteiger partial charge in [0.1, 0.15) is 5.58 Å². The number of pyridine rings is 1. The monoisotopic (exact) mass is 334 g/mol. The van der Waals surface area contributed by atoms with Crippen molar-refractivity contribution in [2.75, 3.05) is 6.54 Å². The van der Waals surface area contributed by atoms with Crippen molar-refractivity contribution < 1.29 is 9.21 Å². The largest absolute Gasteiger partial charge is 0.451 e. The fourth-order valence-corrected chi connectivity index (χ4v) is 3.69. The topological polar surface area (TPSA) is 46.3 Å². The smallest absolute Gasteiger partial charge is 0.290 e. The first-order chi connectivity index (χ1) is 12.2. The first-order valence-electron chi connectivity index (χ1n) is 8.93. The third-order valence-corrected chi connectivity index (χ3v) is 4.99. The highest BCUT2D eigenvalue weighted by atomic mass is 16.3. The molecule has 1 fully saturated rings. The van der Waals surface area contributed by atoms with Crippen LogP contribution in [0.4, 0.5) is 0 Å². The summed E-state index contributed by atoms with van der Waals surface area (Å²) < 4.78 is 5.86. The van der Waals surface area contributed by atoms with Gasteiger partial charge in [-0.05, 0) is 55.7 Å². The minimum absolute atomic E-state index is 0.0161. The van der Waals surface area contributed by atoms with E-state index in [0.717, 1.165) is 54.3 Å². The summed E-state index contributed by atoms with van der Waals surface area (Å²) in [6, 6.07) is 12.0. The summed E-state index contributed by atoms with van der Waals surface area (Å²) in [5, 5.41) is 0.985. The van der Waals surface area contributed by atoms with Crippen molar-refractivity contribution in [2.45, 2.75) is 38.6 Å². The number of furan rings is 1. The summed E-state index contributed by atoms with van der Waals surface area (Å²) in [6.07, 6.45) is 7.90. The zero-order valence-electron chi connectivity index (χ0n) is 14.4. The number of hydrogen-bond donors (Lipinski definition) is 0. The summed E-state index contributed by atoms with van der Waals surface area (Å²) in [7, 11) is 0. The average molecular weight is 334 g/mol. The van der Waals surface area contributed by atoms with Crippen molar-refractivity contribution in [2.24, 2.45) is 0 Å². The van der Waals surface area contributed by atoms with Gasteiger partial charge in [0.25, 0.3) is 5.91 Å². The van der Waals surface area contributed by atoms with Crippen molar-refractivity contribution in [3.05, 3.63) is 65.7 Å². The molecule has 2 aromatic heterocycles. The van der Waals surface area contributed by atoms with Gasteiger partial charge in [-0.1, -0.05) is 24.5 Å². The molecule has 4 heteroatoms. The van der Waals surface area contributed by atoms with Crippen molar-refractivity contribution in [3.63, 3.8) is 0 Å². The highest BCUT2D eigenvalue weighted by molar-refractivity contribution is 5.96. The molecule has 1 aromatic carbocycles. The van der Waals surface area contributed by atoms with E-state index in [9.17, 15) is 4.79 Å². The van der Waals surface area contributed by atoms with E-state index in [-0.39, 0.29) is 11.9 Å². The second-order valence-corrected chi connectivity index (χ2v) is 6.80. The number of rotatable bonds is 2. The molecule has 0 bridgehead atoms. The molecule has 1 saturated heterocycles. The maximum Gasteiger partial charge on any atom is 0.290 e. The highest BCUT2D eigenvalue weighted by Gasteiger charge is 2.29. The maximum absolute atomic E-state index is 13.2. The molecule has 1 aliphatic heterocycles. The Labute approximate surface area is 147 Å². The van der Waals surface area contributed by atoms with Crippen molar-refractivity contribution >= 4 is 16.9 Å². The first kappa shape index (κ1) is 15.9. The molecule has 0 unspecified atom stereocenters. The molecule has 1 amide bonds. The van der Waals surface area contributed by atoms with Crippen LogP contribution in [0.3, 0.4) is 0 Å². The zero-order chi connectivity index (χ0) is 17.2. The first-order valence-corrected chi connectivity index (χ1v) is 8.93. The lowest BCUT2D eigenvalue weighted by atomic mass is 10.0. The maximum atomic E-state index is 13.2. The van der Waals surface area contributed by atoms with E-state index in [1.807, 2.05) is 42.2 Å². The van der Waals surface area contributed by atoms with Crippen LogP contribution in [0.25, 0.3) is 11.0 Å². The number of fused-ring (bicyclic) bond motifs is 1. The Morgan fingerprint density at radius 3 is 2.80 bits per heavy atom. The number of likely N-dealkylation sites (tertiary alicyclic amines) is 1. The lowest BCUT2D eigenvalue weighted by molar-refractivity contribution is 0.0650. The van der Waals surface area contributed by atoms with E-state index < -0.39 is 0 Å². The molecule has 0 spiro atoms. The van der Waals surface area contributed by atoms with Crippen LogP contribution in [-0.2, 0) is 0 Å². The number of carbonyl (C=O) groups excluding carboxylic acids is 1. The van der Waals surface area contributed by atoms with Gasteiger partial charge >= 0.3 is 0 Å². The number of carbonyl (C=O) groups is 1. The number of benzene rings is 1. The van der Waals surface area contributed by atoms with Gasteiger partial charge in [-0.25, -0.2) is 0 Å². The number of aromatic nitrogens is 1. The van der Waals surface area contributed by atoms with Crippen molar-refractivity contribution in [1.29, 1.82) is 0 Å². The molecule has 0 aliphatic carbocycles. The van der Waals surface area contributed by atoms with Gasteiger partial charge in [0.05, 0.1) is 6.04 Å². The molecule has 0 radical (unpaired) electrons. The summed E-state index contributed by atoms with van der Waals surface area (Å²) in [6.45, 7) is 2.81. The predicted molar refractivity (Wildman–Crippen MR) is 97.4 cm³/mol. The summed E-state index contributed by atoms with van der Waals surface area (Å²) >= 11 is 0. The van der Waals surface area contributed by atoms with Crippen LogP contribution in [0.5, 0.6) is 0 Å². The molecule has 128 valence electrons. The normalized spacial score (nSPS) is 18.3. The Hall–Kier alpha value is -2.62. The molecule has 1 atom stereocenters. The molecule has 1 aliphatic rings. The zero-order valence-corrected chi connectivity index (χ0v) is 14.4. The molecule has 0 N–H and O–H groups in total. The Balaban J connectivity index is 1.69. The summed E-state index contributed by atoms with van der Waals surface area (Å²) in [5.74, 6) is 0.416. The number of aryl methyl sites for hydroxylation is 1. The van der Waals surface area contributed by atoms with E-state index in [4.69, 9.17) is 4.42 Å². The van der Waals surface area contributed by atoms with Gasteiger partial charge in [0, 0.05) is 24.3 Å². The van der Waals surface area contributed by atoms with Crippen molar-refractivity contribution in [3.8, 4) is 0 Å². The Kier molecular flexibility index (Phi) is 4.26. The van der Waals surface area contributed by atoms with Crippen LogP contribution < -0.4 is 0 Å². The second-order valence-electron chi connectivity index (χ2n) is 6.80. The third-order valence-electron chi connectivity index (χ3n) is 4.99. The minimum Gasteiger partial charge on any atom is -0.451 e. The van der Waals surface area contributed by atoms with Crippen LogP contribution in [-0.4, -0.2) is 22.3 Å².